The predicted molar refractivity (Wildman–Crippen MR) is 99.1 cm³/mol. The van der Waals surface area contributed by atoms with E-state index in [0.29, 0.717) is 5.56 Å². The van der Waals surface area contributed by atoms with E-state index < -0.39 is 28.6 Å². The van der Waals surface area contributed by atoms with Gasteiger partial charge in [-0.3, -0.25) is 19.8 Å². The highest BCUT2D eigenvalue weighted by Crippen LogP contribution is 2.29. The summed E-state index contributed by atoms with van der Waals surface area (Å²) in [7, 11) is 1.64. The second kappa shape index (κ2) is 8.57. The van der Waals surface area contributed by atoms with Gasteiger partial charge in [0, 0.05) is 18.7 Å². The molecule has 1 atom stereocenters. The maximum atomic E-state index is 12.6. The molecular formula is C18H17ClF3N3O3. The van der Waals surface area contributed by atoms with Crippen LogP contribution in [0.5, 0.6) is 0 Å². The number of anilines is 1. The summed E-state index contributed by atoms with van der Waals surface area (Å²) in [6.07, 6.45) is -4.41. The molecule has 0 spiro atoms. The van der Waals surface area contributed by atoms with Crippen molar-refractivity contribution in [3.05, 3.63) is 68.7 Å². The Morgan fingerprint density at radius 2 is 1.86 bits per heavy atom. The number of nitrogens with zero attached hydrogens (tertiary/aromatic N) is 2. The van der Waals surface area contributed by atoms with Crippen LogP contribution in [0.25, 0.3) is 0 Å². The molecule has 2 rings (SSSR count). The molecule has 0 aromatic heterocycles. The van der Waals surface area contributed by atoms with Crippen LogP contribution in [0.1, 0.15) is 18.1 Å². The van der Waals surface area contributed by atoms with Crippen LogP contribution < -0.4 is 5.32 Å². The summed E-state index contributed by atoms with van der Waals surface area (Å²) in [5.41, 5.74) is -0.255. The van der Waals surface area contributed by atoms with E-state index in [2.05, 4.69) is 5.32 Å². The molecule has 0 unspecified atom stereocenters. The summed E-state index contributed by atoms with van der Waals surface area (Å²) < 4.78 is 37.9. The Labute approximate surface area is 164 Å². The van der Waals surface area contributed by atoms with Gasteiger partial charge in [-0.15, -0.1) is 0 Å². The molecule has 28 heavy (non-hydrogen) atoms. The number of carbonyl (C=O) groups excluding carboxylic acids is 1. The number of nitro benzene ring substituents is 1. The molecule has 2 aromatic carbocycles. The minimum Gasteiger partial charge on any atom is -0.323 e. The van der Waals surface area contributed by atoms with E-state index in [1.165, 1.54) is 24.3 Å². The molecule has 0 aliphatic heterocycles. The molecule has 0 aliphatic rings. The number of rotatable bonds is 6. The van der Waals surface area contributed by atoms with Gasteiger partial charge >= 0.3 is 6.18 Å². The number of hydrogen-bond acceptors (Lipinski definition) is 4. The number of halogens is 4. The zero-order valence-corrected chi connectivity index (χ0v) is 15.7. The number of carbonyl (C=O) groups is 1. The monoisotopic (exact) mass is 415 g/mol. The topological polar surface area (TPSA) is 75.5 Å². The summed E-state index contributed by atoms with van der Waals surface area (Å²) in [5, 5.41) is 13.5. The van der Waals surface area contributed by atoms with Crippen LogP contribution in [0.3, 0.4) is 0 Å². The van der Waals surface area contributed by atoms with Crippen LogP contribution in [-0.4, -0.2) is 28.8 Å². The van der Waals surface area contributed by atoms with Crippen molar-refractivity contribution < 1.29 is 22.9 Å². The zero-order valence-electron chi connectivity index (χ0n) is 15.0. The summed E-state index contributed by atoms with van der Waals surface area (Å²) in [6.45, 7) is 1.83. The largest absolute Gasteiger partial charge is 0.416 e. The number of amides is 1. The first-order valence-corrected chi connectivity index (χ1v) is 8.48. The fraction of sp³-hybridized carbons (Fsp3) is 0.278. The number of nitrogens with one attached hydrogen (secondary N) is 1. The van der Waals surface area contributed by atoms with Crippen LogP contribution in [0.15, 0.2) is 42.5 Å². The summed E-state index contributed by atoms with van der Waals surface area (Å²) in [5.74, 6) is -0.461. The van der Waals surface area contributed by atoms with E-state index in [-0.39, 0.29) is 22.9 Å². The Kier molecular flexibility index (Phi) is 6.63. The lowest BCUT2D eigenvalue weighted by molar-refractivity contribution is -0.384. The second-order valence-electron chi connectivity index (χ2n) is 6.20. The first-order valence-electron chi connectivity index (χ1n) is 8.10. The minimum atomic E-state index is -4.41. The smallest absolute Gasteiger partial charge is 0.323 e. The van der Waals surface area contributed by atoms with Gasteiger partial charge in [0.15, 0.2) is 0 Å². The molecule has 1 N–H and O–H groups in total. The zero-order chi connectivity index (χ0) is 21.1. The maximum Gasteiger partial charge on any atom is 0.416 e. The van der Waals surface area contributed by atoms with Crippen LogP contribution in [0.2, 0.25) is 5.02 Å². The minimum absolute atomic E-state index is 0.107. The Hall–Kier alpha value is -2.65. The van der Waals surface area contributed by atoms with E-state index in [4.69, 9.17) is 11.6 Å². The normalized spacial score (nSPS) is 12.7. The molecule has 0 saturated heterocycles. The van der Waals surface area contributed by atoms with Gasteiger partial charge in [-0.25, -0.2) is 0 Å². The second-order valence-corrected chi connectivity index (χ2v) is 6.60. The molecule has 1 amide bonds. The third-order valence-electron chi connectivity index (χ3n) is 4.17. The molecule has 0 saturated carbocycles. The molecule has 0 fully saturated rings. The predicted octanol–water partition coefficient (Wildman–Crippen LogP) is 4.73. The van der Waals surface area contributed by atoms with Crippen LogP contribution in [0, 0.1) is 10.1 Å². The van der Waals surface area contributed by atoms with Crippen LogP contribution in [-0.2, 0) is 17.5 Å². The number of alkyl halides is 3. The molecule has 0 aliphatic carbocycles. The fourth-order valence-corrected chi connectivity index (χ4v) is 2.55. The molecule has 2 aromatic rings. The van der Waals surface area contributed by atoms with Crippen molar-refractivity contribution in [3.8, 4) is 0 Å². The number of hydrogen-bond donors (Lipinski definition) is 1. The van der Waals surface area contributed by atoms with Crippen LogP contribution >= 0.6 is 11.6 Å². The third kappa shape index (κ3) is 5.43. The van der Waals surface area contributed by atoms with Crippen molar-refractivity contribution in [3.63, 3.8) is 0 Å². The SMILES string of the molecule is C[C@H](C(=O)Nc1cc([N+](=O)[O-])ccc1Cl)N(C)Cc1ccc(C(F)(F)F)cc1. The van der Waals surface area contributed by atoms with Crippen molar-refractivity contribution in [1.29, 1.82) is 0 Å². The molecule has 0 radical (unpaired) electrons. The van der Waals surface area contributed by atoms with Gasteiger partial charge in [-0.2, -0.15) is 13.2 Å². The average molecular weight is 416 g/mol. The lowest BCUT2D eigenvalue weighted by Crippen LogP contribution is -2.39. The number of benzene rings is 2. The lowest BCUT2D eigenvalue weighted by Gasteiger charge is -2.24. The van der Waals surface area contributed by atoms with Gasteiger partial charge in [-0.05, 0) is 37.7 Å². The highest BCUT2D eigenvalue weighted by Gasteiger charge is 2.30. The first kappa shape index (κ1) is 21.6. The van der Waals surface area contributed by atoms with E-state index >= 15 is 0 Å². The highest BCUT2D eigenvalue weighted by atomic mass is 35.5. The number of likely N-dealkylation sites (N-methyl/N-ethyl adjacent to an activating group) is 1. The quantitative estimate of drug-likeness (QED) is 0.547. The summed E-state index contributed by atoms with van der Waals surface area (Å²) in [6, 6.07) is 7.68. The Bertz CT molecular complexity index is 873. The van der Waals surface area contributed by atoms with E-state index in [1.54, 1.807) is 18.9 Å². The van der Waals surface area contributed by atoms with Crippen molar-refractivity contribution in [2.45, 2.75) is 25.7 Å². The first-order chi connectivity index (χ1) is 13.0. The summed E-state index contributed by atoms with van der Waals surface area (Å²) >= 11 is 5.97. The fourth-order valence-electron chi connectivity index (χ4n) is 2.38. The van der Waals surface area contributed by atoms with Gasteiger partial charge in [0.05, 0.1) is 27.2 Å². The van der Waals surface area contributed by atoms with Crippen LogP contribution in [0.4, 0.5) is 24.5 Å². The Morgan fingerprint density at radius 3 is 2.39 bits per heavy atom. The van der Waals surface area contributed by atoms with Crippen molar-refractivity contribution in [1.82, 2.24) is 4.90 Å². The van der Waals surface area contributed by atoms with E-state index in [9.17, 15) is 28.1 Å². The molecule has 0 bridgehead atoms. The summed E-state index contributed by atoms with van der Waals surface area (Å²) in [4.78, 5) is 24.3. The molecule has 150 valence electrons. The maximum absolute atomic E-state index is 12.6. The molecule has 10 heteroatoms. The molecule has 6 nitrogen and oxygen atoms in total. The van der Waals surface area contributed by atoms with Gasteiger partial charge in [0.2, 0.25) is 5.91 Å². The van der Waals surface area contributed by atoms with E-state index in [0.717, 1.165) is 18.2 Å². The van der Waals surface area contributed by atoms with Crippen molar-refractivity contribution >= 4 is 28.9 Å². The van der Waals surface area contributed by atoms with Gasteiger partial charge in [0.25, 0.3) is 5.69 Å². The standard InChI is InChI=1S/C18H17ClF3N3O3/c1-11(17(26)23-16-9-14(25(27)28)7-8-15(16)19)24(2)10-12-3-5-13(6-4-12)18(20,21)22/h3-9,11H,10H2,1-2H3,(H,23,26)/t11-/m1/s1. The number of non-ortho nitro benzene ring substituents is 1. The number of nitro groups is 1. The van der Waals surface area contributed by atoms with Gasteiger partial charge in [-0.1, -0.05) is 23.7 Å². The van der Waals surface area contributed by atoms with Crippen molar-refractivity contribution in [2.24, 2.45) is 0 Å². The highest BCUT2D eigenvalue weighted by molar-refractivity contribution is 6.33. The average Bonchev–Trinajstić information content (AvgIpc) is 2.62. The van der Waals surface area contributed by atoms with Gasteiger partial charge in [0.1, 0.15) is 0 Å². The Balaban J connectivity index is 2.04. The lowest BCUT2D eigenvalue weighted by atomic mass is 10.1. The van der Waals surface area contributed by atoms with Crippen molar-refractivity contribution in [2.75, 3.05) is 12.4 Å². The van der Waals surface area contributed by atoms with E-state index in [1.807, 2.05) is 0 Å². The Morgan fingerprint density at radius 1 is 1.25 bits per heavy atom. The third-order valence-corrected chi connectivity index (χ3v) is 4.50. The van der Waals surface area contributed by atoms with Gasteiger partial charge < -0.3 is 5.32 Å². The molecular weight excluding hydrogens is 399 g/mol. The molecule has 0 heterocycles.